The van der Waals surface area contributed by atoms with Crippen LogP contribution in [0.1, 0.15) is 46.1 Å². The Morgan fingerprint density at radius 2 is 2.13 bits per heavy atom. The number of amides is 1. The van der Waals surface area contributed by atoms with Crippen LogP contribution >= 0.6 is 0 Å². The number of nitrogens with one attached hydrogen (secondary N) is 1. The Hall–Kier alpha value is -2.04. The fourth-order valence-corrected chi connectivity index (χ4v) is 5.15. The molecule has 0 bridgehead atoms. The summed E-state index contributed by atoms with van der Waals surface area (Å²) in [6, 6.07) is 4.87. The van der Waals surface area contributed by atoms with Crippen molar-refractivity contribution in [1.82, 2.24) is 29.5 Å². The van der Waals surface area contributed by atoms with Crippen molar-refractivity contribution >= 4 is 27.0 Å². The third-order valence-electron chi connectivity index (χ3n) is 5.72. The number of hydrogen-bond donors (Lipinski definition) is 1. The third kappa shape index (κ3) is 5.81. The number of hydrogen-bond acceptors (Lipinski definition) is 6. The molecule has 1 saturated heterocycles. The summed E-state index contributed by atoms with van der Waals surface area (Å²) in [7, 11) is -2.39. The molecule has 10 heteroatoms. The number of carbonyl (C=O) groups is 1. The zero-order valence-electron chi connectivity index (χ0n) is 18.9. The van der Waals surface area contributed by atoms with Gasteiger partial charge in [0, 0.05) is 26.2 Å². The summed E-state index contributed by atoms with van der Waals surface area (Å²) in [5.41, 5.74) is 1.29. The number of aromatic nitrogens is 3. The largest absolute Gasteiger partial charge is 0.355 e. The topological polar surface area (TPSA) is 100 Å². The van der Waals surface area contributed by atoms with Crippen molar-refractivity contribution in [3.63, 3.8) is 0 Å². The van der Waals surface area contributed by atoms with Gasteiger partial charge in [-0.3, -0.25) is 4.79 Å². The van der Waals surface area contributed by atoms with Gasteiger partial charge in [0.2, 0.25) is 15.9 Å². The van der Waals surface area contributed by atoms with Gasteiger partial charge in [-0.25, -0.2) is 13.1 Å². The minimum absolute atomic E-state index is 0.102. The predicted octanol–water partition coefficient (Wildman–Crippen LogP) is 1.87. The first-order valence-corrected chi connectivity index (χ1v) is 12.4. The fraction of sp³-hybridized carbons (Fsp3) is 0.667. The Morgan fingerprint density at radius 1 is 1.35 bits per heavy atom. The van der Waals surface area contributed by atoms with Crippen molar-refractivity contribution in [1.29, 1.82) is 0 Å². The minimum Gasteiger partial charge on any atom is -0.355 e. The Balaban J connectivity index is 1.52. The second kappa shape index (κ2) is 10.1. The number of carbonyl (C=O) groups excluding carboxylic acids is 1. The van der Waals surface area contributed by atoms with Crippen LogP contribution in [0.2, 0.25) is 0 Å². The molecule has 1 fully saturated rings. The van der Waals surface area contributed by atoms with E-state index in [9.17, 15) is 13.2 Å². The Morgan fingerprint density at radius 3 is 2.84 bits per heavy atom. The van der Waals surface area contributed by atoms with E-state index < -0.39 is 10.0 Å². The molecule has 2 heterocycles. The van der Waals surface area contributed by atoms with Gasteiger partial charge in [-0.05, 0) is 70.3 Å². The average Bonchev–Trinajstić information content (AvgIpc) is 3.15. The van der Waals surface area contributed by atoms with Crippen molar-refractivity contribution in [2.75, 3.05) is 39.8 Å². The SMILES string of the molecule is CC(C)n1nnc2cc(S(=O)(=O)N(C)CC(=O)NCCCN3CCC[C@H](C)C3)ccc21. The highest BCUT2D eigenvalue weighted by atomic mass is 32.2. The van der Waals surface area contributed by atoms with E-state index in [2.05, 4.69) is 27.5 Å². The molecule has 1 aliphatic heterocycles. The van der Waals surface area contributed by atoms with Gasteiger partial charge in [-0.1, -0.05) is 12.1 Å². The van der Waals surface area contributed by atoms with Crippen LogP contribution in [0.4, 0.5) is 0 Å². The fourth-order valence-electron chi connectivity index (χ4n) is 4.01. The van der Waals surface area contributed by atoms with E-state index in [1.54, 1.807) is 10.7 Å². The second-order valence-corrected chi connectivity index (χ2v) is 10.8. The van der Waals surface area contributed by atoms with Gasteiger partial charge in [0.05, 0.1) is 17.0 Å². The summed E-state index contributed by atoms with van der Waals surface area (Å²) in [5, 5.41) is 11.0. The second-order valence-electron chi connectivity index (χ2n) is 8.79. The molecule has 1 aliphatic rings. The summed E-state index contributed by atoms with van der Waals surface area (Å²) in [4.78, 5) is 14.8. The molecule has 1 N–H and O–H groups in total. The summed E-state index contributed by atoms with van der Waals surface area (Å²) in [6.45, 7) is 9.75. The molecule has 0 unspecified atom stereocenters. The van der Waals surface area contributed by atoms with Crippen LogP contribution in [0.5, 0.6) is 0 Å². The number of likely N-dealkylation sites (tertiary alicyclic amines) is 1. The zero-order valence-corrected chi connectivity index (χ0v) is 19.7. The van der Waals surface area contributed by atoms with E-state index in [1.807, 2.05) is 13.8 Å². The minimum atomic E-state index is -3.80. The molecular weight excluding hydrogens is 416 g/mol. The molecule has 3 rings (SSSR count). The van der Waals surface area contributed by atoms with E-state index in [4.69, 9.17) is 0 Å². The highest BCUT2D eigenvalue weighted by Crippen LogP contribution is 2.21. The Labute approximate surface area is 184 Å². The van der Waals surface area contributed by atoms with Gasteiger partial charge in [0.1, 0.15) is 5.52 Å². The highest BCUT2D eigenvalue weighted by molar-refractivity contribution is 7.89. The standard InChI is InChI=1S/C21H34N6O3S/c1-16(2)27-20-9-8-18(13-19(20)23-24-27)31(29,30)25(4)15-21(28)22-10-6-12-26-11-5-7-17(3)14-26/h8-9,13,16-17H,5-7,10-12,14-15H2,1-4H3,(H,22,28)/t17-/m0/s1. The van der Waals surface area contributed by atoms with Gasteiger partial charge >= 0.3 is 0 Å². The Bertz CT molecular complexity index is 1000. The molecule has 9 nitrogen and oxygen atoms in total. The molecule has 172 valence electrons. The molecule has 0 saturated carbocycles. The third-order valence-corrected chi connectivity index (χ3v) is 7.52. The van der Waals surface area contributed by atoms with Crippen LogP contribution < -0.4 is 5.32 Å². The smallest absolute Gasteiger partial charge is 0.243 e. The summed E-state index contributed by atoms with van der Waals surface area (Å²) in [5.74, 6) is 0.432. The van der Waals surface area contributed by atoms with E-state index in [1.165, 1.54) is 32.0 Å². The molecule has 1 amide bonds. The van der Waals surface area contributed by atoms with Crippen LogP contribution in [0.25, 0.3) is 11.0 Å². The summed E-state index contributed by atoms with van der Waals surface area (Å²) < 4.78 is 28.6. The van der Waals surface area contributed by atoms with Gasteiger partial charge in [0.25, 0.3) is 0 Å². The number of piperidine rings is 1. The van der Waals surface area contributed by atoms with Gasteiger partial charge in [-0.2, -0.15) is 4.31 Å². The number of likely N-dealkylation sites (N-methyl/N-ethyl adjacent to an activating group) is 1. The van der Waals surface area contributed by atoms with Crippen LogP contribution in [0.15, 0.2) is 23.1 Å². The Kier molecular flexibility index (Phi) is 7.66. The van der Waals surface area contributed by atoms with E-state index in [0.29, 0.717) is 12.1 Å². The molecule has 0 spiro atoms. The van der Waals surface area contributed by atoms with E-state index >= 15 is 0 Å². The number of benzene rings is 1. The van der Waals surface area contributed by atoms with Crippen molar-refractivity contribution in [2.24, 2.45) is 5.92 Å². The molecule has 2 aromatic rings. The number of rotatable bonds is 9. The maximum absolute atomic E-state index is 12.9. The average molecular weight is 451 g/mol. The van der Waals surface area contributed by atoms with E-state index in [0.717, 1.165) is 41.8 Å². The van der Waals surface area contributed by atoms with Gasteiger partial charge in [-0.15, -0.1) is 5.10 Å². The predicted molar refractivity (Wildman–Crippen MR) is 120 cm³/mol. The monoisotopic (exact) mass is 450 g/mol. The lowest BCUT2D eigenvalue weighted by molar-refractivity contribution is -0.121. The number of nitrogens with zero attached hydrogens (tertiary/aromatic N) is 5. The molecule has 0 radical (unpaired) electrons. The van der Waals surface area contributed by atoms with Gasteiger partial charge < -0.3 is 10.2 Å². The lowest BCUT2D eigenvalue weighted by atomic mass is 10.0. The maximum atomic E-state index is 12.9. The molecule has 0 aliphatic carbocycles. The number of sulfonamides is 1. The highest BCUT2D eigenvalue weighted by Gasteiger charge is 2.24. The first-order valence-electron chi connectivity index (χ1n) is 11.0. The van der Waals surface area contributed by atoms with E-state index in [-0.39, 0.29) is 23.4 Å². The van der Waals surface area contributed by atoms with Crippen molar-refractivity contribution in [3.05, 3.63) is 18.2 Å². The molecule has 1 aromatic carbocycles. The van der Waals surface area contributed by atoms with Crippen molar-refractivity contribution in [3.8, 4) is 0 Å². The molecule has 1 atom stereocenters. The van der Waals surface area contributed by atoms with Crippen LogP contribution in [0.3, 0.4) is 0 Å². The van der Waals surface area contributed by atoms with Crippen LogP contribution in [-0.4, -0.2) is 78.3 Å². The quantitative estimate of drug-likeness (QED) is 0.586. The zero-order chi connectivity index (χ0) is 22.6. The first-order chi connectivity index (χ1) is 14.7. The summed E-state index contributed by atoms with van der Waals surface area (Å²) in [6.07, 6.45) is 3.38. The molecule has 31 heavy (non-hydrogen) atoms. The normalized spacial score (nSPS) is 18.2. The summed E-state index contributed by atoms with van der Waals surface area (Å²) >= 11 is 0. The van der Waals surface area contributed by atoms with Gasteiger partial charge in [0.15, 0.2) is 0 Å². The van der Waals surface area contributed by atoms with Crippen LogP contribution in [0, 0.1) is 5.92 Å². The lowest BCUT2D eigenvalue weighted by Crippen LogP contribution is -2.40. The first kappa shape index (κ1) is 23.6. The lowest BCUT2D eigenvalue weighted by Gasteiger charge is -2.30. The van der Waals surface area contributed by atoms with Crippen molar-refractivity contribution in [2.45, 2.75) is 51.0 Å². The van der Waals surface area contributed by atoms with Crippen LogP contribution in [-0.2, 0) is 14.8 Å². The van der Waals surface area contributed by atoms with Crippen molar-refractivity contribution < 1.29 is 13.2 Å². The molecule has 1 aromatic heterocycles. The molecular formula is C21H34N6O3S. The maximum Gasteiger partial charge on any atom is 0.243 e. The number of fused-ring (bicyclic) bond motifs is 1.